The van der Waals surface area contributed by atoms with E-state index in [0.29, 0.717) is 28.5 Å². The normalized spacial score (nSPS) is 23.9. The lowest BCUT2D eigenvalue weighted by atomic mass is 9.77. The molecular weight excluding hydrogens is 416 g/mol. The van der Waals surface area contributed by atoms with Crippen molar-refractivity contribution in [2.45, 2.75) is 61.3 Å². The largest absolute Gasteiger partial charge is 0.463 e. The van der Waals surface area contributed by atoms with Crippen molar-refractivity contribution in [1.29, 1.82) is 0 Å². The summed E-state index contributed by atoms with van der Waals surface area (Å²) in [6.45, 7) is 1.63. The Morgan fingerprint density at radius 3 is 2.71 bits per heavy atom. The van der Waals surface area contributed by atoms with E-state index in [2.05, 4.69) is 20.2 Å². The van der Waals surface area contributed by atoms with Gasteiger partial charge in [0.15, 0.2) is 11.8 Å². The van der Waals surface area contributed by atoms with E-state index in [1.54, 1.807) is 0 Å². The monoisotopic (exact) mass is 442 g/mol. The number of fused-ring (bicyclic) bond motifs is 2. The first-order valence-electron chi connectivity index (χ1n) is 11.1. The van der Waals surface area contributed by atoms with E-state index in [4.69, 9.17) is 14.7 Å². The lowest BCUT2D eigenvalue weighted by Crippen LogP contribution is -2.48. The number of ether oxygens (including phenoxy) is 1. The van der Waals surface area contributed by atoms with Gasteiger partial charge in [-0.1, -0.05) is 0 Å². The predicted octanol–water partition coefficient (Wildman–Crippen LogP) is 1.53. The molecule has 0 bridgehead atoms. The minimum Gasteiger partial charge on any atom is -0.463 e. The van der Waals surface area contributed by atoms with Crippen LogP contribution in [0, 0.1) is 0 Å². The Kier molecular flexibility index (Phi) is 4.60. The predicted molar refractivity (Wildman–Crippen MR) is 115 cm³/mol. The van der Waals surface area contributed by atoms with Crippen LogP contribution >= 0.6 is 0 Å². The molecule has 164 valence electrons. The maximum absolute atomic E-state index is 12.5. The molecule has 31 heavy (non-hydrogen) atoms. The lowest BCUT2D eigenvalue weighted by Gasteiger charge is -2.41. The van der Waals surface area contributed by atoms with Crippen molar-refractivity contribution in [3.63, 3.8) is 0 Å². The molecule has 1 atom stereocenters. The Morgan fingerprint density at radius 2 is 2.06 bits per heavy atom. The van der Waals surface area contributed by atoms with Crippen LogP contribution < -0.4 is 15.0 Å². The van der Waals surface area contributed by atoms with Gasteiger partial charge in [-0.15, -0.1) is 0 Å². The standard InChI is InChI=1S/C21H26N6O3S/c28-11-21(6-1-7-21)26-18-16-19(30-12-31(16)29)25-20(24-18)27-8-4-13(5-9-27)17-22-10-14-2-3-15(14)23-17/h10,13,28H,1-9,11-12H2,(H,24,25,26)/t31-/m1/s1. The molecule has 0 spiro atoms. The quantitative estimate of drug-likeness (QED) is 0.712. The average molecular weight is 443 g/mol. The number of piperidine rings is 1. The number of anilines is 2. The average Bonchev–Trinajstić information content (AvgIpc) is 3.13. The molecule has 10 heteroatoms. The van der Waals surface area contributed by atoms with Gasteiger partial charge < -0.3 is 20.1 Å². The zero-order chi connectivity index (χ0) is 21.0. The van der Waals surface area contributed by atoms with Gasteiger partial charge in [-0.3, -0.25) is 4.21 Å². The molecule has 9 nitrogen and oxygen atoms in total. The molecule has 4 heterocycles. The second-order valence-electron chi connectivity index (χ2n) is 8.99. The summed E-state index contributed by atoms with van der Waals surface area (Å²) in [5, 5.41) is 13.3. The molecule has 6 rings (SSSR count). The zero-order valence-corrected chi connectivity index (χ0v) is 18.2. The lowest BCUT2D eigenvalue weighted by molar-refractivity contribution is 0.143. The molecule has 4 aliphatic rings. The second kappa shape index (κ2) is 7.37. The highest BCUT2D eigenvalue weighted by molar-refractivity contribution is 7.85. The number of nitrogens with zero attached hydrogens (tertiary/aromatic N) is 5. The number of hydrogen-bond donors (Lipinski definition) is 2. The smallest absolute Gasteiger partial charge is 0.238 e. The molecule has 0 radical (unpaired) electrons. The van der Waals surface area contributed by atoms with E-state index < -0.39 is 10.8 Å². The molecular formula is C21H26N6O3S. The fourth-order valence-electron chi connectivity index (χ4n) is 4.79. The molecule has 0 unspecified atom stereocenters. The van der Waals surface area contributed by atoms with Gasteiger partial charge >= 0.3 is 0 Å². The van der Waals surface area contributed by atoms with E-state index >= 15 is 0 Å². The molecule has 2 aliphatic heterocycles. The van der Waals surface area contributed by atoms with E-state index in [9.17, 15) is 9.32 Å². The number of hydrogen-bond acceptors (Lipinski definition) is 9. The van der Waals surface area contributed by atoms with Gasteiger partial charge in [0.1, 0.15) is 21.5 Å². The van der Waals surface area contributed by atoms with E-state index in [0.717, 1.165) is 63.9 Å². The number of rotatable bonds is 5. The summed E-state index contributed by atoms with van der Waals surface area (Å²) in [7, 11) is -1.29. The number of aliphatic hydroxyl groups excluding tert-OH is 1. The van der Waals surface area contributed by atoms with Gasteiger partial charge in [0.2, 0.25) is 11.8 Å². The topological polar surface area (TPSA) is 113 Å². The molecule has 0 amide bonds. The highest BCUT2D eigenvalue weighted by Crippen LogP contribution is 2.40. The minimum absolute atomic E-state index is 0.0285. The number of nitrogens with one attached hydrogen (secondary N) is 1. The van der Waals surface area contributed by atoms with Crippen LogP contribution in [0.3, 0.4) is 0 Å². The molecule has 1 saturated heterocycles. The van der Waals surface area contributed by atoms with E-state index in [-0.39, 0.29) is 18.1 Å². The summed E-state index contributed by atoms with van der Waals surface area (Å²) in [6, 6.07) is 0. The van der Waals surface area contributed by atoms with Crippen LogP contribution in [0.25, 0.3) is 0 Å². The highest BCUT2D eigenvalue weighted by atomic mass is 32.2. The van der Waals surface area contributed by atoms with Crippen molar-refractivity contribution in [3.05, 3.63) is 23.3 Å². The summed E-state index contributed by atoms with van der Waals surface area (Å²) in [6.07, 6.45) is 8.85. The molecule has 2 aromatic heterocycles. The fraction of sp³-hybridized carbons (Fsp3) is 0.619. The molecule has 2 aromatic rings. The summed E-state index contributed by atoms with van der Waals surface area (Å²) in [5.74, 6) is 2.94. The van der Waals surface area contributed by atoms with Gasteiger partial charge in [0.25, 0.3) is 0 Å². The van der Waals surface area contributed by atoms with E-state index in [1.165, 1.54) is 11.3 Å². The van der Waals surface area contributed by atoms with Gasteiger partial charge in [-0.2, -0.15) is 9.97 Å². The maximum atomic E-state index is 12.5. The van der Waals surface area contributed by atoms with Crippen LogP contribution in [-0.4, -0.2) is 60.4 Å². The van der Waals surface area contributed by atoms with Gasteiger partial charge in [-0.25, -0.2) is 9.97 Å². The third kappa shape index (κ3) is 3.27. The van der Waals surface area contributed by atoms with Crippen molar-refractivity contribution in [3.8, 4) is 5.88 Å². The first-order valence-corrected chi connectivity index (χ1v) is 12.4. The number of aromatic nitrogens is 4. The SMILES string of the molecule is O=[S@@]1COc2nc(N3CCC(c4ncc5c(n4)CC5)CC3)nc(NC3(CO)CCC3)c21. The van der Waals surface area contributed by atoms with Crippen LogP contribution in [-0.2, 0) is 23.6 Å². The van der Waals surface area contributed by atoms with Gasteiger partial charge in [0, 0.05) is 30.9 Å². The highest BCUT2D eigenvalue weighted by Gasteiger charge is 2.39. The van der Waals surface area contributed by atoms with Gasteiger partial charge in [-0.05, 0) is 50.5 Å². The van der Waals surface area contributed by atoms with Crippen LogP contribution in [0.4, 0.5) is 11.8 Å². The van der Waals surface area contributed by atoms with Gasteiger partial charge in [0.05, 0.1) is 12.1 Å². The Bertz CT molecular complexity index is 1050. The molecule has 2 N–H and O–H groups in total. The Balaban J connectivity index is 1.23. The van der Waals surface area contributed by atoms with Crippen molar-refractivity contribution < 1.29 is 14.1 Å². The summed E-state index contributed by atoms with van der Waals surface area (Å²) in [5.41, 5.74) is 2.12. The third-order valence-electron chi connectivity index (χ3n) is 7.10. The Hall–Kier alpha value is -2.33. The third-order valence-corrected chi connectivity index (χ3v) is 8.25. The summed E-state index contributed by atoms with van der Waals surface area (Å²) >= 11 is 0. The molecule has 2 aliphatic carbocycles. The summed E-state index contributed by atoms with van der Waals surface area (Å²) in [4.78, 5) is 21.4. The van der Waals surface area contributed by atoms with Crippen molar-refractivity contribution in [2.24, 2.45) is 0 Å². The van der Waals surface area contributed by atoms with Crippen LogP contribution in [0.2, 0.25) is 0 Å². The fourth-order valence-corrected chi connectivity index (χ4v) is 5.74. The first kappa shape index (κ1) is 19.4. The number of aryl methyl sites for hydroxylation is 2. The molecule has 0 aromatic carbocycles. The Labute approximate surface area is 183 Å². The van der Waals surface area contributed by atoms with Crippen molar-refractivity contribution in [2.75, 3.05) is 35.9 Å². The minimum atomic E-state index is -1.29. The first-order chi connectivity index (χ1) is 15.1. The maximum Gasteiger partial charge on any atom is 0.238 e. The van der Waals surface area contributed by atoms with Crippen LogP contribution in [0.15, 0.2) is 11.1 Å². The molecule has 2 fully saturated rings. The number of aliphatic hydroxyl groups is 1. The zero-order valence-electron chi connectivity index (χ0n) is 17.3. The van der Waals surface area contributed by atoms with Crippen LogP contribution in [0.5, 0.6) is 5.88 Å². The van der Waals surface area contributed by atoms with Crippen molar-refractivity contribution >= 4 is 22.6 Å². The summed E-state index contributed by atoms with van der Waals surface area (Å²) < 4.78 is 18.1. The van der Waals surface area contributed by atoms with E-state index in [1.807, 2.05) is 6.20 Å². The second-order valence-corrected chi connectivity index (χ2v) is 10.3. The Morgan fingerprint density at radius 1 is 1.23 bits per heavy atom. The van der Waals surface area contributed by atoms with Crippen molar-refractivity contribution in [1.82, 2.24) is 19.9 Å². The van der Waals surface area contributed by atoms with Crippen LogP contribution in [0.1, 0.15) is 55.1 Å². The molecule has 1 saturated carbocycles.